The van der Waals surface area contributed by atoms with E-state index in [4.69, 9.17) is 0 Å². The molecule has 2 amide bonds. The second-order valence-corrected chi connectivity index (χ2v) is 7.34. The lowest BCUT2D eigenvalue weighted by atomic mass is 10.2. The van der Waals surface area contributed by atoms with Crippen LogP contribution >= 0.6 is 11.8 Å². The SMILES string of the molecule is CC(=O)N1CCCN(C(=O)CSc2nccn2-c2ccccc2C)CC1. The molecule has 6 nitrogen and oxygen atoms in total. The van der Waals surface area contributed by atoms with Crippen molar-refractivity contribution in [2.75, 3.05) is 31.9 Å². The number of thioether (sulfide) groups is 1. The van der Waals surface area contributed by atoms with Crippen molar-refractivity contribution in [3.8, 4) is 5.69 Å². The molecule has 1 fully saturated rings. The van der Waals surface area contributed by atoms with Crippen LogP contribution in [-0.4, -0.2) is 63.1 Å². The van der Waals surface area contributed by atoms with Crippen molar-refractivity contribution in [1.29, 1.82) is 0 Å². The van der Waals surface area contributed by atoms with E-state index in [-0.39, 0.29) is 11.8 Å². The zero-order valence-electron chi connectivity index (χ0n) is 15.2. The summed E-state index contributed by atoms with van der Waals surface area (Å²) in [5.41, 5.74) is 2.24. The van der Waals surface area contributed by atoms with Gasteiger partial charge in [0.1, 0.15) is 0 Å². The van der Waals surface area contributed by atoms with Crippen LogP contribution < -0.4 is 0 Å². The Morgan fingerprint density at radius 1 is 1.12 bits per heavy atom. The summed E-state index contributed by atoms with van der Waals surface area (Å²) in [7, 11) is 0. The predicted molar refractivity (Wildman–Crippen MR) is 102 cm³/mol. The van der Waals surface area contributed by atoms with E-state index in [9.17, 15) is 9.59 Å². The Bertz CT molecular complexity index is 789. The number of benzene rings is 1. The molecule has 0 saturated carbocycles. The highest BCUT2D eigenvalue weighted by Crippen LogP contribution is 2.23. The van der Waals surface area contributed by atoms with E-state index in [2.05, 4.69) is 18.0 Å². The Labute approximate surface area is 158 Å². The lowest BCUT2D eigenvalue weighted by Gasteiger charge is -2.21. The van der Waals surface area contributed by atoms with E-state index < -0.39 is 0 Å². The molecule has 7 heteroatoms. The number of hydrogen-bond acceptors (Lipinski definition) is 4. The number of rotatable bonds is 4. The van der Waals surface area contributed by atoms with Crippen molar-refractivity contribution in [3.05, 3.63) is 42.2 Å². The van der Waals surface area contributed by atoms with E-state index in [1.807, 2.05) is 38.8 Å². The Morgan fingerprint density at radius 2 is 1.85 bits per heavy atom. The van der Waals surface area contributed by atoms with Crippen LogP contribution in [0.4, 0.5) is 0 Å². The number of nitrogens with zero attached hydrogens (tertiary/aromatic N) is 4. The lowest BCUT2D eigenvalue weighted by molar-refractivity contribution is -0.130. The van der Waals surface area contributed by atoms with Crippen molar-refractivity contribution in [2.24, 2.45) is 0 Å². The molecule has 0 atom stereocenters. The van der Waals surface area contributed by atoms with Gasteiger partial charge in [-0.25, -0.2) is 4.98 Å². The summed E-state index contributed by atoms with van der Waals surface area (Å²) >= 11 is 1.45. The summed E-state index contributed by atoms with van der Waals surface area (Å²) in [6.45, 7) is 6.29. The van der Waals surface area contributed by atoms with E-state index in [1.54, 1.807) is 13.1 Å². The minimum Gasteiger partial charge on any atom is -0.341 e. The van der Waals surface area contributed by atoms with Crippen molar-refractivity contribution in [1.82, 2.24) is 19.4 Å². The minimum atomic E-state index is 0.0777. The van der Waals surface area contributed by atoms with E-state index in [1.165, 1.54) is 11.8 Å². The molecule has 2 aromatic rings. The van der Waals surface area contributed by atoms with Crippen molar-refractivity contribution >= 4 is 23.6 Å². The predicted octanol–water partition coefficient (Wildman–Crippen LogP) is 2.35. The summed E-state index contributed by atoms with van der Waals surface area (Å²) in [4.78, 5) is 32.2. The molecule has 0 radical (unpaired) electrons. The van der Waals surface area contributed by atoms with Gasteiger partial charge in [0.15, 0.2) is 5.16 Å². The number of hydrogen-bond donors (Lipinski definition) is 0. The van der Waals surface area contributed by atoms with Crippen LogP contribution in [0.25, 0.3) is 5.69 Å². The number of aryl methyl sites for hydroxylation is 1. The van der Waals surface area contributed by atoms with Gasteiger partial charge in [-0.2, -0.15) is 0 Å². The van der Waals surface area contributed by atoms with Gasteiger partial charge < -0.3 is 9.80 Å². The maximum Gasteiger partial charge on any atom is 0.233 e. The van der Waals surface area contributed by atoms with E-state index in [0.717, 1.165) is 29.4 Å². The fourth-order valence-corrected chi connectivity index (χ4v) is 3.98. The summed E-state index contributed by atoms with van der Waals surface area (Å²) in [6.07, 6.45) is 4.51. The molecule has 2 heterocycles. The second kappa shape index (κ2) is 8.40. The van der Waals surface area contributed by atoms with Gasteiger partial charge in [0.05, 0.1) is 11.4 Å². The molecule has 1 saturated heterocycles. The molecule has 3 rings (SSSR count). The van der Waals surface area contributed by atoms with Crippen molar-refractivity contribution in [3.63, 3.8) is 0 Å². The van der Waals surface area contributed by atoms with Gasteiger partial charge in [-0.05, 0) is 25.0 Å². The molecular weight excluding hydrogens is 348 g/mol. The van der Waals surface area contributed by atoms with Gasteiger partial charge in [0.25, 0.3) is 0 Å². The smallest absolute Gasteiger partial charge is 0.233 e. The average molecular weight is 372 g/mol. The highest BCUT2D eigenvalue weighted by Gasteiger charge is 2.21. The topological polar surface area (TPSA) is 58.4 Å². The molecule has 1 aromatic heterocycles. The molecule has 1 aliphatic heterocycles. The number of carbonyl (C=O) groups is 2. The number of carbonyl (C=O) groups excluding carboxylic acids is 2. The fraction of sp³-hybridized carbons (Fsp3) is 0.421. The number of amides is 2. The molecule has 1 aliphatic rings. The zero-order chi connectivity index (χ0) is 18.5. The molecule has 0 N–H and O–H groups in total. The lowest BCUT2D eigenvalue weighted by Crippen LogP contribution is -2.37. The molecule has 26 heavy (non-hydrogen) atoms. The Hall–Kier alpha value is -2.28. The van der Waals surface area contributed by atoms with Crippen LogP contribution in [0, 0.1) is 6.92 Å². The van der Waals surface area contributed by atoms with E-state index >= 15 is 0 Å². The first-order chi connectivity index (χ1) is 12.6. The van der Waals surface area contributed by atoms with Gasteiger partial charge in [-0.3, -0.25) is 14.2 Å². The van der Waals surface area contributed by atoms with Gasteiger partial charge in [0, 0.05) is 45.5 Å². The third-order valence-electron chi connectivity index (χ3n) is 4.60. The van der Waals surface area contributed by atoms with Gasteiger partial charge in [0.2, 0.25) is 11.8 Å². The first kappa shape index (κ1) is 18.5. The summed E-state index contributed by atoms with van der Waals surface area (Å²) in [5.74, 6) is 0.525. The maximum atomic E-state index is 12.6. The number of aromatic nitrogens is 2. The standard InChI is InChI=1S/C19H24N4O2S/c1-15-6-3-4-7-17(15)23-11-8-20-19(23)26-14-18(25)22-10-5-9-21(12-13-22)16(2)24/h3-4,6-8,11H,5,9-10,12-14H2,1-2H3. The summed E-state index contributed by atoms with van der Waals surface area (Å²) < 4.78 is 2.02. The monoisotopic (exact) mass is 372 g/mol. The van der Waals surface area contributed by atoms with Gasteiger partial charge >= 0.3 is 0 Å². The van der Waals surface area contributed by atoms with Crippen LogP contribution in [0.1, 0.15) is 18.9 Å². The first-order valence-corrected chi connectivity index (χ1v) is 9.80. The molecule has 0 bridgehead atoms. The summed E-state index contributed by atoms with van der Waals surface area (Å²) in [6, 6.07) is 8.12. The van der Waals surface area contributed by atoms with Crippen molar-refractivity contribution < 1.29 is 9.59 Å². The van der Waals surface area contributed by atoms with Crippen LogP contribution in [0.2, 0.25) is 0 Å². The highest BCUT2D eigenvalue weighted by molar-refractivity contribution is 7.99. The van der Waals surface area contributed by atoms with E-state index in [0.29, 0.717) is 25.4 Å². The third-order valence-corrected chi connectivity index (χ3v) is 5.55. The average Bonchev–Trinajstić information content (AvgIpc) is 2.94. The molecule has 1 aromatic carbocycles. The Balaban J connectivity index is 1.62. The van der Waals surface area contributed by atoms with Crippen molar-refractivity contribution in [2.45, 2.75) is 25.4 Å². The molecule has 138 valence electrons. The maximum absolute atomic E-state index is 12.6. The molecule has 0 aliphatic carbocycles. The quantitative estimate of drug-likeness (QED) is 0.773. The van der Waals surface area contributed by atoms with Gasteiger partial charge in [-0.1, -0.05) is 30.0 Å². The minimum absolute atomic E-state index is 0.0777. The third kappa shape index (κ3) is 4.27. The zero-order valence-corrected chi connectivity index (χ0v) is 16.0. The van der Waals surface area contributed by atoms with Crippen LogP contribution in [0.15, 0.2) is 41.8 Å². The Morgan fingerprint density at radius 3 is 2.62 bits per heavy atom. The van der Waals surface area contributed by atoms with Gasteiger partial charge in [-0.15, -0.1) is 0 Å². The molecular formula is C19H24N4O2S. The molecule has 0 unspecified atom stereocenters. The first-order valence-electron chi connectivity index (χ1n) is 8.81. The number of imidazole rings is 1. The fourth-order valence-electron chi connectivity index (χ4n) is 3.11. The number of para-hydroxylation sites is 1. The van der Waals surface area contributed by atoms with Crippen LogP contribution in [0.5, 0.6) is 0 Å². The van der Waals surface area contributed by atoms with Crippen LogP contribution in [0.3, 0.4) is 0 Å². The Kier molecular flexibility index (Phi) is 5.98. The highest BCUT2D eigenvalue weighted by atomic mass is 32.2. The normalized spacial score (nSPS) is 15.0. The molecule has 0 spiro atoms. The largest absolute Gasteiger partial charge is 0.341 e. The second-order valence-electron chi connectivity index (χ2n) is 6.40. The summed E-state index contributed by atoms with van der Waals surface area (Å²) in [5, 5.41) is 0.813. The van der Waals surface area contributed by atoms with Crippen LogP contribution in [-0.2, 0) is 9.59 Å².